The van der Waals surface area contributed by atoms with E-state index in [1.54, 1.807) is 0 Å². The summed E-state index contributed by atoms with van der Waals surface area (Å²) in [6.07, 6.45) is 0. The Morgan fingerprint density at radius 3 is 1.52 bits per heavy atom. The zero-order valence-corrected chi connectivity index (χ0v) is 31.2. The van der Waals surface area contributed by atoms with E-state index >= 15 is 0 Å². The third kappa shape index (κ3) is 4.88. The number of hydrogen-bond donors (Lipinski definition) is 0. The monoisotopic (exact) mass is 743 g/mol. The molecule has 12 aromatic rings. The second-order valence-electron chi connectivity index (χ2n) is 14.7. The molecule has 0 atom stereocenters. The van der Waals surface area contributed by atoms with E-state index in [4.69, 9.17) is 13.3 Å². The zero-order chi connectivity index (χ0) is 38.2. The van der Waals surface area contributed by atoms with Gasteiger partial charge in [-0.3, -0.25) is 0 Å². The summed E-state index contributed by atoms with van der Waals surface area (Å²) in [5.41, 5.74) is 14.3. The summed E-state index contributed by atoms with van der Waals surface area (Å²) in [5, 5.41) is 6.19. The van der Waals surface area contributed by atoms with Crippen molar-refractivity contribution in [2.24, 2.45) is 0 Å². The lowest BCUT2D eigenvalue weighted by atomic mass is 9.90. The molecule has 0 bridgehead atoms. The molecule has 0 N–H and O–H groups in total. The molecule has 0 aliphatic carbocycles. The summed E-state index contributed by atoms with van der Waals surface area (Å²) >= 11 is 0. The van der Waals surface area contributed by atoms with Crippen molar-refractivity contribution in [1.82, 2.24) is 0 Å². The lowest BCUT2D eigenvalue weighted by Gasteiger charge is -2.28. The first-order valence-electron chi connectivity index (χ1n) is 19.6. The number of nitrogens with zero attached hydrogens (tertiary/aromatic N) is 1. The van der Waals surface area contributed by atoms with Gasteiger partial charge in [-0.15, -0.1) is 0 Å². The molecule has 0 saturated heterocycles. The van der Waals surface area contributed by atoms with Crippen LogP contribution in [-0.4, -0.2) is 0 Å². The van der Waals surface area contributed by atoms with Gasteiger partial charge in [0.05, 0.1) is 17.1 Å². The highest BCUT2D eigenvalue weighted by molar-refractivity contribution is 6.25. The van der Waals surface area contributed by atoms with Crippen LogP contribution in [0, 0.1) is 0 Å². The third-order valence-corrected chi connectivity index (χ3v) is 11.5. The molecule has 12 rings (SSSR count). The Morgan fingerprint density at radius 2 is 0.793 bits per heavy atom. The summed E-state index contributed by atoms with van der Waals surface area (Å²) < 4.78 is 20.8. The molecule has 0 saturated carbocycles. The fourth-order valence-electron chi connectivity index (χ4n) is 8.95. The minimum atomic E-state index is 0.767. The molecule has 0 amide bonds. The van der Waals surface area contributed by atoms with Gasteiger partial charge in [-0.2, -0.15) is 0 Å². The van der Waals surface area contributed by atoms with Crippen LogP contribution in [0.25, 0.3) is 99.2 Å². The van der Waals surface area contributed by atoms with E-state index in [1.807, 2.05) is 24.3 Å². The van der Waals surface area contributed by atoms with Gasteiger partial charge in [0.2, 0.25) is 0 Å². The van der Waals surface area contributed by atoms with E-state index in [2.05, 4.69) is 181 Å². The van der Waals surface area contributed by atoms with Crippen LogP contribution in [0.3, 0.4) is 0 Å². The van der Waals surface area contributed by atoms with Gasteiger partial charge < -0.3 is 18.2 Å². The highest BCUT2D eigenvalue weighted by Gasteiger charge is 2.28. The molecule has 9 aromatic carbocycles. The predicted octanol–water partition coefficient (Wildman–Crippen LogP) is 15.9. The lowest BCUT2D eigenvalue weighted by molar-refractivity contribution is 0.664. The molecule has 0 aliphatic rings. The molecule has 4 nitrogen and oxygen atoms in total. The van der Waals surface area contributed by atoms with Crippen molar-refractivity contribution in [2.75, 3.05) is 4.90 Å². The van der Waals surface area contributed by atoms with Crippen LogP contribution in [0.2, 0.25) is 0 Å². The summed E-state index contributed by atoms with van der Waals surface area (Å²) in [6.45, 7) is 0. The number of furan rings is 3. The van der Waals surface area contributed by atoms with E-state index < -0.39 is 0 Å². The van der Waals surface area contributed by atoms with Gasteiger partial charge in [0.15, 0.2) is 11.2 Å². The van der Waals surface area contributed by atoms with Crippen molar-refractivity contribution in [2.45, 2.75) is 0 Å². The molecule has 0 spiro atoms. The summed E-state index contributed by atoms with van der Waals surface area (Å²) in [4.78, 5) is 2.31. The molecule has 3 aromatic heterocycles. The van der Waals surface area contributed by atoms with Crippen LogP contribution in [0.5, 0.6) is 0 Å². The summed E-state index contributed by atoms with van der Waals surface area (Å²) in [6, 6.07) is 69.9. The van der Waals surface area contributed by atoms with Crippen LogP contribution < -0.4 is 4.90 Å². The number of para-hydroxylation sites is 5. The summed E-state index contributed by atoms with van der Waals surface area (Å²) in [7, 11) is 0. The van der Waals surface area contributed by atoms with Gasteiger partial charge in [-0.25, -0.2) is 0 Å². The van der Waals surface area contributed by atoms with Gasteiger partial charge in [-0.1, -0.05) is 164 Å². The molecule has 272 valence electrons. The quantitative estimate of drug-likeness (QED) is 0.170. The Bertz CT molecular complexity index is 3520. The molecule has 0 fully saturated rings. The van der Waals surface area contributed by atoms with Crippen molar-refractivity contribution in [3.05, 3.63) is 200 Å². The smallest absolute Gasteiger partial charge is 0.159 e. The number of fused-ring (bicyclic) bond motifs is 9. The highest BCUT2D eigenvalue weighted by atomic mass is 16.3. The number of anilines is 3. The van der Waals surface area contributed by atoms with Crippen LogP contribution in [0.15, 0.2) is 213 Å². The second kappa shape index (κ2) is 12.9. The van der Waals surface area contributed by atoms with Gasteiger partial charge in [0.25, 0.3) is 0 Å². The van der Waals surface area contributed by atoms with Gasteiger partial charge in [-0.05, 0) is 58.7 Å². The molecule has 0 unspecified atom stereocenters. The first kappa shape index (κ1) is 32.4. The largest absolute Gasteiger partial charge is 0.456 e. The third-order valence-electron chi connectivity index (χ3n) is 11.5. The maximum absolute atomic E-state index is 7.41. The Hall–Kier alpha value is -7.82. The van der Waals surface area contributed by atoms with Crippen molar-refractivity contribution in [1.29, 1.82) is 0 Å². The van der Waals surface area contributed by atoms with Gasteiger partial charge in [0, 0.05) is 43.4 Å². The van der Waals surface area contributed by atoms with Gasteiger partial charge >= 0.3 is 0 Å². The van der Waals surface area contributed by atoms with E-state index in [0.717, 1.165) is 116 Å². The van der Waals surface area contributed by atoms with Crippen LogP contribution in [0.1, 0.15) is 0 Å². The number of benzene rings is 9. The molecule has 58 heavy (non-hydrogen) atoms. The van der Waals surface area contributed by atoms with Gasteiger partial charge in [0.1, 0.15) is 22.3 Å². The average Bonchev–Trinajstić information content (AvgIpc) is 3.98. The lowest BCUT2D eigenvalue weighted by Crippen LogP contribution is -2.11. The molecule has 3 heterocycles. The minimum Gasteiger partial charge on any atom is -0.456 e. The number of rotatable bonds is 6. The Labute approximate surface area is 333 Å². The minimum absolute atomic E-state index is 0.767. The van der Waals surface area contributed by atoms with E-state index in [-0.39, 0.29) is 0 Å². The fourth-order valence-corrected chi connectivity index (χ4v) is 8.95. The molecule has 0 radical (unpaired) electrons. The van der Waals surface area contributed by atoms with E-state index in [1.165, 1.54) is 0 Å². The molecule has 4 heteroatoms. The van der Waals surface area contributed by atoms with Crippen molar-refractivity contribution in [3.63, 3.8) is 0 Å². The topological polar surface area (TPSA) is 42.7 Å². The van der Waals surface area contributed by atoms with Crippen LogP contribution >= 0.6 is 0 Å². The Balaban J connectivity index is 1.21. The van der Waals surface area contributed by atoms with Crippen LogP contribution in [-0.2, 0) is 0 Å². The standard InChI is InChI=1S/C54H33NO3/c1-3-17-34(18-4-1)36-21-7-8-24-39(36)51-50-42-25-11-14-32-48(42)56-49(50)33-43-41-27-16-30-46(53(41)58-54(43)51)55(44-28-12-9-22-37(44)35-19-5-2-6-20-35)45-29-15-26-40-38-23-10-13-31-47(38)57-52(40)45/h1-33H. The first-order chi connectivity index (χ1) is 28.8. The SMILES string of the molecule is c1ccc(-c2ccccc2-c2c3oc4c(N(c5ccccc5-c5ccccc5)c5cccc6c5oc5ccccc56)cccc4c3cc3oc4ccccc4c23)cc1. The highest BCUT2D eigenvalue weighted by Crippen LogP contribution is 2.51. The fraction of sp³-hybridized carbons (Fsp3) is 0. The van der Waals surface area contributed by atoms with E-state index in [9.17, 15) is 0 Å². The van der Waals surface area contributed by atoms with Crippen LogP contribution in [0.4, 0.5) is 17.1 Å². The van der Waals surface area contributed by atoms with E-state index in [0.29, 0.717) is 0 Å². The molecular weight excluding hydrogens is 711 g/mol. The normalized spacial score (nSPS) is 11.8. The Morgan fingerprint density at radius 1 is 0.293 bits per heavy atom. The van der Waals surface area contributed by atoms with Crippen molar-refractivity contribution < 1.29 is 13.3 Å². The van der Waals surface area contributed by atoms with Crippen molar-refractivity contribution in [3.8, 4) is 33.4 Å². The first-order valence-corrected chi connectivity index (χ1v) is 19.6. The van der Waals surface area contributed by atoms with Crippen molar-refractivity contribution >= 4 is 82.9 Å². The zero-order valence-electron chi connectivity index (χ0n) is 31.2. The number of hydrogen-bond acceptors (Lipinski definition) is 4. The maximum atomic E-state index is 7.41. The Kier molecular flexibility index (Phi) is 7.20. The second-order valence-corrected chi connectivity index (χ2v) is 14.7. The molecular formula is C54H33NO3. The predicted molar refractivity (Wildman–Crippen MR) is 239 cm³/mol. The average molecular weight is 744 g/mol. The maximum Gasteiger partial charge on any atom is 0.159 e. The molecule has 0 aliphatic heterocycles. The summed E-state index contributed by atoms with van der Waals surface area (Å²) in [5.74, 6) is 0.